The van der Waals surface area contributed by atoms with Crippen LogP contribution in [0, 0.1) is 5.92 Å². The number of benzene rings is 1. The first-order valence-corrected chi connectivity index (χ1v) is 9.91. The maximum Gasteiger partial charge on any atom is 0.265 e. The van der Waals surface area contributed by atoms with Crippen molar-refractivity contribution in [1.82, 2.24) is 4.90 Å². The van der Waals surface area contributed by atoms with Gasteiger partial charge >= 0.3 is 0 Å². The second-order valence-electron chi connectivity index (χ2n) is 5.72. The molecule has 5 heteroatoms. The highest BCUT2D eigenvalue weighted by molar-refractivity contribution is 7.98. The molecule has 122 valence electrons. The Morgan fingerprint density at radius 2 is 2.17 bits per heavy atom. The number of ether oxygens (including phenoxy) is 1. The van der Waals surface area contributed by atoms with Crippen LogP contribution >= 0.6 is 23.1 Å². The Bertz CT molecular complexity index is 641. The molecule has 1 aliphatic heterocycles. The zero-order chi connectivity index (χ0) is 16.1. The Morgan fingerprint density at radius 3 is 2.96 bits per heavy atom. The molecule has 1 fully saturated rings. The van der Waals surface area contributed by atoms with Crippen LogP contribution in [0.4, 0.5) is 0 Å². The standard InChI is InChI=1S/C18H21NO2S2/c1-22-16-8-10-23-17(16)18(20)19-9-7-15(11-19)13-21-12-14-5-3-2-4-6-14/h2-6,8,10,15H,7,9,11-13H2,1H3. The third-order valence-electron chi connectivity index (χ3n) is 4.08. The highest BCUT2D eigenvalue weighted by Gasteiger charge is 2.28. The Balaban J connectivity index is 1.48. The molecule has 1 unspecified atom stereocenters. The van der Waals surface area contributed by atoms with E-state index in [4.69, 9.17) is 4.74 Å². The fourth-order valence-corrected chi connectivity index (χ4v) is 4.54. The zero-order valence-electron chi connectivity index (χ0n) is 13.2. The number of amides is 1. The summed E-state index contributed by atoms with van der Waals surface area (Å²) in [5.41, 5.74) is 1.20. The van der Waals surface area contributed by atoms with E-state index in [2.05, 4.69) is 12.1 Å². The summed E-state index contributed by atoms with van der Waals surface area (Å²) >= 11 is 3.18. The predicted molar refractivity (Wildman–Crippen MR) is 96.2 cm³/mol. The van der Waals surface area contributed by atoms with Crippen LogP contribution in [0.1, 0.15) is 21.7 Å². The molecule has 2 heterocycles. The minimum absolute atomic E-state index is 0.176. The van der Waals surface area contributed by atoms with E-state index < -0.39 is 0 Å². The van der Waals surface area contributed by atoms with Crippen LogP contribution in [-0.4, -0.2) is 36.8 Å². The van der Waals surface area contributed by atoms with Gasteiger partial charge in [0.1, 0.15) is 4.88 Å². The van der Waals surface area contributed by atoms with Crippen molar-refractivity contribution >= 4 is 29.0 Å². The molecule has 1 aromatic heterocycles. The Hall–Kier alpha value is -1.30. The highest BCUT2D eigenvalue weighted by atomic mass is 32.2. The summed E-state index contributed by atoms with van der Waals surface area (Å²) in [6, 6.07) is 12.2. The highest BCUT2D eigenvalue weighted by Crippen LogP contribution is 2.29. The van der Waals surface area contributed by atoms with Gasteiger partial charge in [-0.2, -0.15) is 0 Å². The predicted octanol–water partition coefficient (Wildman–Crippen LogP) is 4.15. The van der Waals surface area contributed by atoms with E-state index in [1.165, 1.54) is 5.56 Å². The fraction of sp³-hybridized carbons (Fsp3) is 0.389. The number of thiophene rings is 1. The number of carbonyl (C=O) groups excluding carboxylic acids is 1. The molecule has 23 heavy (non-hydrogen) atoms. The first-order chi connectivity index (χ1) is 11.3. The Morgan fingerprint density at radius 1 is 1.35 bits per heavy atom. The largest absolute Gasteiger partial charge is 0.376 e. The Labute approximate surface area is 145 Å². The van der Waals surface area contributed by atoms with Crippen molar-refractivity contribution in [2.24, 2.45) is 5.92 Å². The van der Waals surface area contributed by atoms with E-state index in [0.717, 1.165) is 35.9 Å². The quantitative estimate of drug-likeness (QED) is 0.735. The third kappa shape index (κ3) is 4.16. The summed E-state index contributed by atoms with van der Waals surface area (Å²) < 4.78 is 5.83. The number of hydrogen-bond acceptors (Lipinski definition) is 4. The van der Waals surface area contributed by atoms with Crippen LogP contribution < -0.4 is 0 Å². The van der Waals surface area contributed by atoms with Gasteiger partial charge in [-0.15, -0.1) is 23.1 Å². The second-order valence-corrected chi connectivity index (χ2v) is 7.49. The van der Waals surface area contributed by atoms with Crippen molar-refractivity contribution in [3.63, 3.8) is 0 Å². The number of rotatable bonds is 6. The van der Waals surface area contributed by atoms with Gasteiger partial charge < -0.3 is 9.64 Å². The van der Waals surface area contributed by atoms with Crippen molar-refractivity contribution in [3.05, 3.63) is 52.2 Å². The molecule has 1 atom stereocenters. The SMILES string of the molecule is CSc1ccsc1C(=O)N1CCC(COCc2ccccc2)C1. The van der Waals surface area contributed by atoms with Gasteiger partial charge in [0.25, 0.3) is 5.91 Å². The lowest BCUT2D eigenvalue weighted by Crippen LogP contribution is -2.29. The van der Waals surface area contributed by atoms with Crippen molar-refractivity contribution in [2.75, 3.05) is 26.0 Å². The van der Waals surface area contributed by atoms with E-state index in [9.17, 15) is 4.79 Å². The molecular formula is C18H21NO2S2. The number of hydrogen-bond donors (Lipinski definition) is 0. The molecule has 1 saturated heterocycles. The van der Waals surface area contributed by atoms with E-state index in [1.54, 1.807) is 23.1 Å². The first kappa shape index (κ1) is 16.6. The number of nitrogens with zero attached hydrogens (tertiary/aromatic N) is 1. The molecule has 2 aromatic rings. The van der Waals surface area contributed by atoms with Gasteiger partial charge in [0.05, 0.1) is 13.2 Å². The van der Waals surface area contributed by atoms with Crippen LogP contribution in [0.15, 0.2) is 46.7 Å². The molecule has 0 radical (unpaired) electrons. The molecule has 1 aliphatic rings. The first-order valence-electron chi connectivity index (χ1n) is 7.80. The van der Waals surface area contributed by atoms with Crippen LogP contribution in [0.3, 0.4) is 0 Å². The lowest BCUT2D eigenvalue weighted by atomic mass is 10.1. The van der Waals surface area contributed by atoms with Gasteiger partial charge in [0.2, 0.25) is 0 Å². The van der Waals surface area contributed by atoms with Gasteiger partial charge in [-0.1, -0.05) is 30.3 Å². The van der Waals surface area contributed by atoms with Gasteiger partial charge in [-0.05, 0) is 29.7 Å². The summed E-state index contributed by atoms with van der Waals surface area (Å²) in [6.45, 7) is 3.01. The summed E-state index contributed by atoms with van der Waals surface area (Å²) in [7, 11) is 0. The third-order valence-corrected chi connectivity index (χ3v) is 5.89. The van der Waals surface area contributed by atoms with Gasteiger partial charge in [0.15, 0.2) is 0 Å². The van der Waals surface area contributed by atoms with E-state index in [1.807, 2.05) is 40.8 Å². The second kappa shape index (κ2) is 7.99. The van der Waals surface area contributed by atoms with Crippen molar-refractivity contribution in [2.45, 2.75) is 17.9 Å². The molecule has 0 aliphatic carbocycles. The minimum atomic E-state index is 0.176. The van der Waals surface area contributed by atoms with Gasteiger partial charge in [-0.3, -0.25) is 4.79 Å². The zero-order valence-corrected chi connectivity index (χ0v) is 14.9. The lowest BCUT2D eigenvalue weighted by Gasteiger charge is -2.16. The van der Waals surface area contributed by atoms with Crippen molar-refractivity contribution < 1.29 is 9.53 Å². The molecule has 0 saturated carbocycles. The topological polar surface area (TPSA) is 29.5 Å². The smallest absolute Gasteiger partial charge is 0.265 e. The number of likely N-dealkylation sites (tertiary alicyclic amines) is 1. The normalized spacial score (nSPS) is 17.6. The van der Waals surface area contributed by atoms with E-state index >= 15 is 0 Å². The monoisotopic (exact) mass is 347 g/mol. The summed E-state index contributed by atoms with van der Waals surface area (Å²) in [4.78, 5) is 16.6. The average Bonchev–Trinajstić information content (AvgIpc) is 3.24. The van der Waals surface area contributed by atoms with Gasteiger partial charge in [0, 0.05) is 23.9 Å². The number of thioether (sulfide) groups is 1. The molecule has 3 rings (SSSR count). The van der Waals surface area contributed by atoms with Crippen molar-refractivity contribution in [3.8, 4) is 0 Å². The average molecular weight is 348 g/mol. The maximum atomic E-state index is 12.6. The molecule has 0 N–H and O–H groups in total. The van der Waals surface area contributed by atoms with E-state index in [0.29, 0.717) is 12.5 Å². The maximum absolute atomic E-state index is 12.6. The van der Waals surface area contributed by atoms with Crippen LogP contribution in [-0.2, 0) is 11.3 Å². The molecule has 1 amide bonds. The molecule has 0 bridgehead atoms. The number of carbonyl (C=O) groups is 1. The van der Waals surface area contributed by atoms with Crippen LogP contribution in [0.25, 0.3) is 0 Å². The minimum Gasteiger partial charge on any atom is -0.376 e. The molecule has 3 nitrogen and oxygen atoms in total. The van der Waals surface area contributed by atoms with Gasteiger partial charge in [-0.25, -0.2) is 0 Å². The lowest BCUT2D eigenvalue weighted by molar-refractivity contribution is 0.0734. The summed E-state index contributed by atoms with van der Waals surface area (Å²) in [5, 5.41) is 2.00. The van der Waals surface area contributed by atoms with Crippen LogP contribution in [0.2, 0.25) is 0 Å². The summed E-state index contributed by atoms with van der Waals surface area (Å²) in [6.07, 6.45) is 3.05. The fourth-order valence-electron chi connectivity index (χ4n) is 2.83. The molecule has 0 spiro atoms. The van der Waals surface area contributed by atoms with Crippen LogP contribution in [0.5, 0.6) is 0 Å². The molecule has 1 aromatic carbocycles. The van der Waals surface area contributed by atoms with E-state index in [-0.39, 0.29) is 5.91 Å². The van der Waals surface area contributed by atoms with Crippen molar-refractivity contribution in [1.29, 1.82) is 0 Å². The summed E-state index contributed by atoms with van der Waals surface area (Å²) in [5.74, 6) is 0.621. The molecular weight excluding hydrogens is 326 g/mol. The Kier molecular flexibility index (Phi) is 5.75.